The maximum absolute atomic E-state index is 2.42. The van der Waals surface area contributed by atoms with Crippen molar-refractivity contribution in [2.75, 3.05) is 0 Å². The van der Waals surface area contributed by atoms with E-state index in [9.17, 15) is 0 Å². The number of rotatable bonds is 0. The van der Waals surface area contributed by atoms with Crippen LogP contribution in [0, 0.1) is 11.3 Å². The van der Waals surface area contributed by atoms with Crippen molar-refractivity contribution in [1.29, 1.82) is 0 Å². The Morgan fingerprint density at radius 3 is 2.47 bits per heavy atom. The summed E-state index contributed by atoms with van der Waals surface area (Å²) in [6.45, 7) is 11.8. The van der Waals surface area contributed by atoms with Crippen LogP contribution in [0.2, 0.25) is 0 Å². The Balaban J connectivity index is 2.47. The van der Waals surface area contributed by atoms with Gasteiger partial charge in [0.25, 0.3) is 0 Å². The highest BCUT2D eigenvalue weighted by molar-refractivity contribution is 5.45. The van der Waals surface area contributed by atoms with Gasteiger partial charge >= 0.3 is 0 Å². The topological polar surface area (TPSA) is 0 Å². The number of hydrogen-bond acceptors (Lipinski definition) is 0. The zero-order chi connectivity index (χ0) is 11.2. The Kier molecular flexibility index (Phi) is 2.56. The van der Waals surface area contributed by atoms with Gasteiger partial charge in [-0.3, -0.25) is 0 Å². The van der Waals surface area contributed by atoms with Crippen LogP contribution in [-0.2, 0) is 0 Å². The molecule has 0 bridgehead atoms. The van der Waals surface area contributed by atoms with Crippen molar-refractivity contribution in [2.45, 2.75) is 60.3 Å². The molecule has 0 amide bonds. The highest BCUT2D eigenvalue weighted by atomic mass is 14.4. The standard InChI is InChI=1S/C15H24/c1-10(2)13-8-15(4,5)9-14-11(3)6-7-12(13)14/h11H,6-9H2,1-5H3. The van der Waals surface area contributed by atoms with Crippen LogP contribution in [0.1, 0.15) is 60.3 Å². The molecule has 0 aliphatic heterocycles. The molecule has 0 heteroatoms. The Morgan fingerprint density at radius 1 is 1.20 bits per heavy atom. The van der Waals surface area contributed by atoms with Crippen molar-refractivity contribution in [3.05, 3.63) is 22.3 Å². The van der Waals surface area contributed by atoms with Crippen molar-refractivity contribution < 1.29 is 0 Å². The van der Waals surface area contributed by atoms with Crippen molar-refractivity contribution in [2.24, 2.45) is 11.3 Å². The van der Waals surface area contributed by atoms with Gasteiger partial charge < -0.3 is 0 Å². The molecule has 0 aromatic heterocycles. The SMILES string of the molecule is CC(C)=C1CC(C)(C)CC2=C1CCC2C. The molecule has 1 unspecified atom stereocenters. The van der Waals surface area contributed by atoms with E-state index >= 15 is 0 Å². The van der Waals surface area contributed by atoms with Crippen LogP contribution < -0.4 is 0 Å². The number of hydrogen-bond donors (Lipinski definition) is 0. The molecule has 0 heterocycles. The molecule has 15 heavy (non-hydrogen) atoms. The summed E-state index contributed by atoms with van der Waals surface area (Å²) in [5, 5.41) is 0. The summed E-state index contributed by atoms with van der Waals surface area (Å²) in [4.78, 5) is 0. The molecule has 0 fully saturated rings. The summed E-state index contributed by atoms with van der Waals surface area (Å²) in [7, 11) is 0. The third kappa shape index (κ3) is 1.91. The lowest BCUT2D eigenvalue weighted by Gasteiger charge is -2.35. The average Bonchev–Trinajstić information content (AvgIpc) is 2.45. The van der Waals surface area contributed by atoms with E-state index in [2.05, 4.69) is 34.6 Å². The molecule has 84 valence electrons. The molecule has 1 atom stereocenters. The fourth-order valence-electron chi connectivity index (χ4n) is 3.26. The minimum Gasteiger partial charge on any atom is -0.0729 e. The molecule has 2 rings (SSSR count). The Bertz CT molecular complexity index is 335. The van der Waals surface area contributed by atoms with Crippen LogP contribution in [0.25, 0.3) is 0 Å². The summed E-state index contributed by atoms with van der Waals surface area (Å²) in [5.74, 6) is 0.842. The van der Waals surface area contributed by atoms with Crippen molar-refractivity contribution in [3.63, 3.8) is 0 Å². The van der Waals surface area contributed by atoms with Crippen molar-refractivity contribution in [1.82, 2.24) is 0 Å². The van der Waals surface area contributed by atoms with Gasteiger partial charge in [-0.15, -0.1) is 0 Å². The van der Waals surface area contributed by atoms with Crippen LogP contribution >= 0.6 is 0 Å². The Labute approximate surface area is 94.5 Å². The zero-order valence-electron chi connectivity index (χ0n) is 10.9. The van der Waals surface area contributed by atoms with Crippen molar-refractivity contribution in [3.8, 4) is 0 Å². The molecule has 0 aromatic rings. The van der Waals surface area contributed by atoms with Gasteiger partial charge in [-0.25, -0.2) is 0 Å². The third-order valence-corrected chi connectivity index (χ3v) is 4.10. The van der Waals surface area contributed by atoms with Crippen LogP contribution in [-0.4, -0.2) is 0 Å². The molecule has 0 spiro atoms. The van der Waals surface area contributed by atoms with Gasteiger partial charge in [-0.1, -0.05) is 31.9 Å². The van der Waals surface area contributed by atoms with Gasteiger partial charge in [-0.05, 0) is 62.0 Å². The average molecular weight is 204 g/mol. The van der Waals surface area contributed by atoms with Crippen LogP contribution in [0.5, 0.6) is 0 Å². The second-order valence-corrected chi connectivity index (χ2v) is 6.44. The molecule has 0 N–H and O–H groups in total. The maximum atomic E-state index is 2.42. The summed E-state index contributed by atoms with van der Waals surface area (Å²) < 4.78 is 0. The quantitative estimate of drug-likeness (QED) is 0.528. The Morgan fingerprint density at radius 2 is 1.87 bits per heavy atom. The highest BCUT2D eigenvalue weighted by Crippen LogP contribution is 2.50. The lowest BCUT2D eigenvalue weighted by atomic mass is 9.70. The van der Waals surface area contributed by atoms with Crippen LogP contribution in [0.3, 0.4) is 0 Å². The molecule has 0 aromatic carbocycles. The molecule has 0 saturated heterocycles. The smallest absolute Gasteiger partial charge is 0.0222 e. The maximum Gasteiger partial charge on any atom is -0.0222 e. The van der Waals surface area contributed by atoms with E-state index in [4.69, 9.17) is 0 Å². The lowest BCUT2D eigenvalue weighted by molar-refractivity contribution is 0.337. The summed E-state index contributed by atoms with van der Waals surface area (Å²) in [5.41, 5.74) is 7.24. The van der Waals surface area contributed by atoms with E-state index in [-0.39, 0.29) is 0 Å². The van der Waals surface area contributed by atoms with E-state index in [1.54, 1.807) is 22.3 Å². The van der Waals surface area contributed by atoms with Crippen LogP contribution in [0.15, 0.2) is 22.3 Å². The Hall–Kier alpha value is -0.520. The molecular formula is C15H24. The summed E-state index contributed by atoms with van der Waals surface area (Å²) in [6, 6.07) is 0. The molecule has 2 aliphatic rings. The second kappa shape index (κ2) is 3.50. The first-order chi connectivity index (χ1) is 6.91. The van der Waals surface area contributed by atoms with Crippen LogP contribution in [0.4, 0.5) is 0 Å². The van der Waals surface area contributed by atoms with E-state index in [0.717, 1.165) is 5.92 Å². The molecule has 2 aliphatic carbocycles. The third-order valence-electron chi connectivity index (χ3n) is 4.10. The molecule has 0 saturated carbocycles. The van der Waals surface area contributed by atoms with E-state index in [0.29, 0.717) is 5.41 Å². The normalized spacial score (nSPS) is 29.4. The molecule has 0 radical (unpaired) electrons. The predicted molar refractivity (Wildman–Crippen MR) is 66.8 cm³/mol. The van der Waals surface area contributed by atoms with Gasteiger partial charge in [0.2, 0.25) is 0 Å². The summed E-state index contributed by atoms with van der Waals surface area (Å²) >= 11 is 0. The summed E-state index contributed by atoms with van der Waals surface area (Å²) in [6.07, 6.45) is 5.35. The van der Waals surface area contributed by atoms with Crippen molar-refractivity contribution >= 4 is 0 Å². The second-order valence-electron chi connectivity index (χ2n) is 6.44. The first-order valence-electron chi connectivity index (χ1n) is 6.29. The highest BCUT2D eigenvalue weighted by Gasteiger charge is 2.35. The zero-order valence-corrected chi connectivity index (χ0v) is 10.9. The van der Waals surface area contributed by atoms with E-state index < -0.39 is 0 Å². The van der Waals surface area contributed by atoms with Gasteiger partial charge in [0.1, 0.15) is 0 Å². The monoisotopic (exact) mass is 204 g/mol. The van der Waals surface area contributed by atoms with E-state index in [1.807, 2.05) is 0 Å². The fourth-order valence-corrected chi connectivity index (χ4v) is 3.26. The lowest BCUT2D eigenvalue weighted by Crippen LogP contribution is -2.20. The molecule has 0 nitrogen and oxygen atoms in total. The van der Waals surface area contributed by atoms with Gasteiger partial charge in [0.05, 0.1) is 0 Å². The largest absolute Gasteiger partial charge is 0.0729 e. The predicted octanol–water partition coefficient (Wildman–Crippen LogP) is 4.87. The molecular weight excluding hydrogens is 180 g/mol. The van der Waals surface area contributed by atoms with E-state index in [1.165, 1.54) is 25.7 Å². The first kappa shape index (κ1) is 11.0. The first-order valence-corrected chi connectivity index (χ1v) is 6.29. The van der Waals surface area contributed by atoms with Gasteiger partial charge in [0.15, 0.2) is 0 Å². The minimum atomic E-state index is 0.490. The minimum absolute atomic E-state index is 0.490. The number of allylic oxidation sites excluding steroid dienone is 4. The van der Waals surface area contributed by atoms with Gasteiger partial charge in [0, 0.05) is 0 Å². The fraction of sp³-hybridized carbons (Fsp3) is 0.733. The van der Waals surface area contributed by atoms with Gasteiger partial charge in [-0.2, -0.15) is 0 Å².